The minimum Gasteiger partial charge on any atom is -0.481 e. The molecule has 2 N–H and O–H groups in total. The number of carbonyl (C=O) groups excluding carboxylic acids is 2. The van der Waals surface area contributed by atoms with E-state index in [0.29, 0.717) is 23.2 Å². The number of amides is 2. The minimum absolute atomic E-state index is 0.000442. The number of anilines is 1. The van der Waals surface area contributed by atoms with Crippen LogP contribution in [0.5, 0.6) is 0 Å². The number of aliphatic hydroxyl groups is 1. The van der Waals surface area contributed by atoms with Crippen LogP contribution in [0.2, 0.25) is 0 Å². The predicted molar refractivity (Wildman–Crippen MR) is 138 cm³/mol. The van der Waals surface area contributed by atoms with Gasteiger partial charge in [-0.15, -0.1) is 13.2 Å². The number of ether oxygens (including phenoxy) is 1. The summed E-state index contributed by atoms with van der Waals surface area (Å²) in [7, 11) is 0. The average molecular weight is 563 g/mol. The fourth-order valence-electron chi connectivity index (χ4n) is 6.55. The standard InChI is InChI=1S/C29H33F3N2O6/c1-16-13-18(6-10-24(16)40-29(30,31)32)28(39)34-22-4-2-3-20(22)27(21-14-17(15-35)5-9-23(21)34)33(19-7-8-19)25(36)11-12-26(37)38/h5-6,9-10,14,16,19-20,22,27,35H,2-4,7-8,11-13,15H2,1H3,(H,37,38). The van der Waals surface area contributed by atoms with Crippen molar-refractivity contribution < 1.29 is 42.5 Å². The number of aliphatic carboxylic acids is 1. The van der Waals surface area contributed by atoms with Crippen molar-refractivity contribution >= 4 is 23.5 Å². The summed E-state index contributed by atoms with van der Waals surface area (Å²) in [5, 5.41) is 19.1. The molecule has 5 rings (SSSR count). The summed E-state index contributed by atoms with van der Waals surface area (Å²) >= 11 is 0. The maximum atomic E-state index is 14.1. The first-order chi connectivity index (χ1) is 19.0. The number of alkyl halides is 3. The van der Waals surface area contributed by atoms with E-state index >= 15 is 0 Å². The van der Waals surface area contributed by atoms with Crippen molar-refractivity contribution in [3.8, 4) is 0 Å². The SMILES string of the molecule is CC1CC(C(=O)N2c3ccc(CO)cc3C(N(C(=O)CCC(=O)O)C3CC3)C3CCCC32)=CC=C1OC(F)(F)F. The van der Waals surface area contributed by atoms with Gasteiger partial charge in [0.1, 0.15) is 5.76 Å². The van der Waals surface area contributed by atoms with Gasteiger partial charge in [0.05, 0.1) is 19.1 Å². The molecule has 4 aliphatic rings. The summed E-state index contributed by atoms with van der Waals surface area (Å²) in [6.45, 7) is 1.36. The highest BCUT2D eigenvalue weighted by Crippen LogP contribution is 2.53. The Morgan fingerprint density at radius 1 is 1.10 bits per heavy atom. The van der Waals surface area contributed by atoms with E-state index in [1.165, 1.54) is 12.2 Å². The van der Waals surface area contributed by atoms with Crippen molar-refractivity contribution in [2.45, 2.75) is 89.4 Å². The summed E-state index contributed by atoms with van der Waals surface area (Å²) in [5.74, 6) is -2.55. The second-order valence-corrected chi connectivity index (χ2v) is 11.2. The van der Waals surface area contributed by atoms with Gasteiger partial charge in [0.25, 0.3) is 5.91 Å². The highest BCUT2D eigenvalue weighted by atomic mass is 19.4. The molecule has 4 atom stereocenters. The lowest BCUT2D eigenvalue weighted by molar-refractivity contribution is -0.308. The van der Waals surface area contributed by atoms with Gasteiger partial charge in [0, 0.05) is 41.6 Å². The van der Waals surface area contributed by atoms with Gasteiger partial charge in [-0.3, -0.25) is 14.4 Å². The Balaban J connectivity index is 1.54. The predicted octanol–water partition coefficient (Wildman–Crippen LogP) is 4.98. The normalized spacial score (nSPS) is 25.9. The van der Waals surface area contributed by atoms with Crippen molar-refractivity contribution in [2.75, 3.05) is 4.90 Å². The van der Waals surface area contributed by atoms with Gasteiger partial charge < -0.3 is 24.7 Å². The van der Waals surface area contributed by atoms with Crippen LogP contribution in [0.1, 0.15) is 75.5 Å². The zero-order chi connectivity index (χ0) is 28.8. The van der Waals surface area contributed by atoms with Crippen LogP contribution >= 0.6 is 0 Å². The number of hydrogen-bond acceptors (Lipinski definition) is 5. The van der Waals surface area contributed by atoms with Gasteiger partial charge in [-0.05, 0) is 61.4 Å². The van der Waals surface area contributed by atoms with E-state index in [1.54, 1.807) is 24.0 Å². The van der Waals surface area contributed by atoms with Crippen molar-refractivity contribution in [3.63, 3.8) is 0 Å². The number of rotatable bonds is 8. The lowest BCUT2D eigenvalue weighted by Gasteiger charge is -2.48. The molecule has 0 aromatic heterocycles. The Hall–Kier alpha value is -3.34. The van der Waals surface area contributed by atoms with Crippen LogP contribution < -0.4 is 4.90 Å². The summed E-state index contributed by atoms with van der Waals surface area (Å²) < 4.78 is 42.6. The number of benzene rings is 1. The number of carbonyl (C=O) groups is 3. The number of carboxylic acids is 1. The number of nitrogens with zero attached hydrogens (tertiary/aromatic N) is 2. The molecule has 1 aromatic rings. The molecule has 0 saturated heterocycles. The first-order valence-corrected chi connectivity index (χ1v) is 13.7. The fourth-order valence-corrected chi connectivity index (χ4v) is 6.55. The number of fused-ring (bicyclic) bond motifs is 2. The van der Waals surface area contributed by atoms with E-state index < -0.39 is 18.2 Å². The summed E-state index contributed by atoms with van der Waals surface area (Å²) in [4.78, 5) is 42.3. The van der Waals surface area contributed by atoms with E-state index in [4.69, 9.17) is 0 Å². The van der Waals surface area contributed by atoms with E-state index in [-0.39, 0.29) is 67.5 Å². The summed E-state index contributed by atoms with van der Waals surface area (Å²) in [6.07, 6.45) is 1.44. The Kier molecular flexibility index (Phi) is 7.69. The third-order valence-corrected chi connectivity index (χ3v) is 8.39. The summed E-state index contributed by atoms with van der Waals surface area (Å²) in [6, 6.07) is 4.73. The zero-order valence-electron chi connectivity index (χ0n) is 22.2. The second-order valence-electron chi connectivity index (χ2n) is 11.2. The quantitative estimate of drug-likeness (QED) is 0.463. The highest BCUT2D eigenvalue weighted by Gasteiger charge is 2.51. The Morgan fingerprint density at radius 2 is 1.85 bits per heavy atom. The molecule has 3 aliphatic carbocycles. The fraction of sp³-hybridized carbons (Fsp3) is 0.552. The van der Waals surface area contributed by atoms with Gasteiger partial charge >= 0.3 is 12.3 Å². The van der Waals surface area contributed by atoms with E-state index in [1.807, 2.05) is 11.0 Å². The topological polar surface area (TPSA) is 107 Å². The Labute approximate surface area is 230 Å². The third kappa shape index (κ3) is 5.61. The van der Waals surface area contributed by atoms with Crippen LogP contribution in [-0.4, -0.2) is 51.3 Å². The molecule has 11 heteroatoms. The molecule has 1 aliphatic heterocycles. The first kappa shape index (κ1) is 28.2. The van der Waals surface area contributed by atoms with E-state index in [9.17, 15) is 37.8 Å². The van der Waals surface area contributed by atoms with Crippen molar-refractivity contribution in [1.82, 2.24) is 4.90 Å². The number of halogens is 3. The lowest BCUT2D eigenvalue weighted by Crippen LogP contribution is -2.53. The monoisotopic (exact) mass is 562 g/mol. The molecule has 2 saturated carbocycles. The van der Waals surface area contributed by atoms with Crippen molar-refractivity contribution in [2.24, 2.45) is 11.8 Å². The smallest absolute Gasteiger partial charge is 0.481 e. The molecule has 216 valence electrons. The molecule has 1 heterocycles. The van der Waals surface area contributed by atoms with E-state index in [0.717, 1.165) is 31.2 Å². The number of hydrogen-bond donors (Lipinski definition) is 2. The second kappa shape index (κ2) is 10.9. The van der Waals surface area contributed by atoms with Gasteiger partial charge in [0.15, 0.2) is 0 Å². The van der Waals surface area contributed by atoms with Gasteiger partial charge in [-0.1, -0.05) is 25.5 Å². The molecule has 2 fully saturated rings. The van der Waals surface area contributed by atoms with Gasteiger partial charge in [-0.25, -0.2) is 0 Å². The molecule has 4 unspecified atom stereocenters. The van der Waals surface area contributed by atoms with Crippen LogP contribution in [0.25, 0.3) is 0 Å². The molecule has 8 nitrogen and oxygen atoms in total. The zero-order valence-corrected chi connectivity index (χ0v) is 22.2. The van der Waals surface area contributed by atoms with Gasteiger partial charge in [-0.2, -0.15) is 0 Å². The highest BCUT2D eigenvalue weighted by molar-refractivity contribution is 6.07. The van der Waals surface area contributed by atoms with Crippen molar-refractivity contribution in [1.29, 1.82) is 0 Å². The van der Waals surface area contributed by atoms with Crippen LogP contribution in [0, 0.1) is 11.8 Å². The molecule has 2 amide bonds. The van der Waals surface area contributed by atoms with Crippen LogP contribution in [0.15, 0.2) is 41.7 Å². The average Bonchev–Trinajstić information content (AvgIpc) is 3.62. The molecule has 0 radical (unpaired) electrons. The Morgan fingerprint density at radius 3 is 2.48 bits per heavy atom. The lowest BCUT2D eigenvalue weighted by atomic mass is 9.80. The molecular formula is C29H33F3N2O6. The number of carboxylic acid groups (broad SMARTS) is 1. The minimum atomic E-state index is -4.81. The molecule has 40 heavy (non-hydrogen) atoms. The molecule has 0 spiro atoms. The van der Waals surface area contributed by atoms with E-state index in [2.05, 4.69) is 4.74 Å². The molecule has 0 bridgehead atoms. The van der Waals surface area contributed by atoms with Crippen LogP contribution in [0.4, 0.5) is 18.9 Å². The number of allylic oxidation sites excluding steroid dienone is 3. The van der Waals surface area contributed by atoms with Crippen LogP contribution in [-0.2, 0) is 25.7 Å². The van der Waals surface area contributed by atoms with Crippen molar-refractivity contribution in [3.05, 3.63) is 52.8 Å². The van der Waals surface area contributed by atoms with Gasteiger partial charge in [0.2, 0.25) is 5.91 Å². The molecule has 1 aromatic carbocycles. The molecular weight excluding hydrogens is 529 g/mol. The van der Waals surface area contributed by atoms with Crippen LogP contribution in [0.3, 0.4) is 0 Å². The first-order valence-electron chi connectivity index (χ1n) is 13.7. The number of aliphatic hydroxyl groups excluding tert-OH is 1. The third-order valence-electron chi connectivity index (χ3n) is 8.39. The maximum Gasteiger partial charge on any atom is 0.572 e. The Bertz CT molecular complexity index is 1250. The largest absolute Gasteiger partial charge is 0.572 e. The maximum absolute atomic E-state index is 14.1. The summed E-state index contributed by atoms with van der Waals surface area (Å²) in [5.41, 5.74) is 2.35.